The van der Waals surface area contributed by atoms with Crippen LogP contribution in [0.25, 0.3) is 0 Å². The van der Waals surface area contributed by atoms with Gasteiger partial charge in [0.05, 0.1) is 6.54 Å². The summed E-state index contributed by atoms with van der Waals surface area (Å²) in [6, 6.07) is 0. The lowest BCUT2D eigenvalue weighted by atomic mass is 10.3. The Morgan fingerprint density at radius 3 is 2.84 bits per heavy atom. The number of hydrogen-bond acceptors (Lipinski definition) is 5. The Bertz CT molecular complexity index is 632. The zero-order valence-corrected chi connectivity index (χ0v) is 12.4. The number of hydrogen-bond donors (Lipinski definition) is 3. The Morgan fingerprint density at radius 1 is 1.42 bits per heavy atom. The average Bonchev–Trinajstić information content (AvgIpc) is 2.97. The predicted octanol–water partition coefficient (Wildman–Crippen LogP) is 0.978. The number of thiophene rings is 1. The van der Waals surface area contributed by atoms with Crippen molar-refractivity contribution in [1.82, 2.24) is 20.0 Å². The zero-order chi connectivity index (χ0) is 13.9. The van der Waals surface area contributed by atoms with Crippen molar-refractivity contribution in [2.24, 2.45) is 0 Å². The predicted molar refractivity (Wildman–Crippen MR) is 74.4 cm³/mol. The minimum atomic E-state index is -3.52. The quantitative estimate of drug-likeness (QED) is 0.742. The summed E-state index contributed by atoms with van der Waals surface area (Å²) in [5.74, 6) is 0.589. The van der Waals surface area contributed by atoms with Crippen molar-refractivity contribution in [2.45, 2.75) is 24.9 Å². The standard InChI is InChI=1S/C11H16N4O2S2/c1-8-7-18-9(5-12-2)11(8)19(16,17)15-6-10-13-3-4-14-10/h3-4,7,12,15H,5-6H2,1-2H3,(H,13,14). The third kappa shape index (κ3) is 3.21. The van der Waals surface area contributed by atoms with E-state index in [1.807, 2.05) is 5.38 Å². The van der Waals surface area contributed by atoms with Gasteiger partial charge in [-0.3, -0.25) is 0 Å². The average molecular weight is 300 g/mol. The lowest BCUT2D eigenvalue weighted by Crippen LogP contribution is -2.25. The molecule has 2 aromatic heterocycles. The maximum Gasteiger partial charge on any atom is 0.242 e. The van der Waals surface area contributed by atoms with E-state index in [0.29, 0.717) is 17.3 Å². The number of aromatic amines is 1. The molecule has 0 unspecified atom stereocenters. The number of aryl methyl sites for hydroxylation is 1. The fourth-order valence-electron chi connectivity index (χ4n) is 1.76. The second kappa shape index (κ2) is 5.83. The second-order valence-corrected chi connectivity index (χ2v) is 6.73. The van der Waals surface area contributed by atoms with E-state index >= 15 is 0 Å². The summed E-state index contributed by atoms with van der Waals surface area (Å²) < 4.78 is 27.2. The van der Waals surface area contributed by atoms with E-state index in [9.17, 15) is 8.42 Å². The van der Waals surface area contributed by atoms with Gasteiger partial charge in [-0.15, -0.1) is 11.3 Å². The maximum absolute atomic E-state index is 12.3. The highest BCUT2D eigenvalue weighted by Crippen LogP contribution is 2.26. The summed E-state index contributed by atoms with van der Waals surface area (Å²) in [6.07, 6.45) is 3.25. The van der Waals surface area contributed by atoms with Gasteiger partial charge in [-0.25, -0.2) is 18.1 Å². The first kappa shape index (κ1) is 14.2. The molecule has 19 heavy (non-hydrogen) atoms. The highest BCUT2D eigenvalue weighted by Gasteiger charge is 2.22. The van der Waals surface area contributed by atoms with Crippen molar-refractivity contribution in [3.05, 3.63) is 34.0 Å². The van der Waals surface area contributed by atoms with Gasteiger partial charge in [0.1, 0.15) is 10.7 Å². The summed E-state index contributed by atoms with van der Waals surface area (Å²) in [6.45, 7) is 2.50. The summed E-state index contributed by atoms with van der Waals surface area (Å²) in [4.78, 5) is 8.04. The van der Waals surface area contributed by atoms with Crippen LogP contribution >= 0.6 is 11.3 Å². The monoisotopic (exact) mass is 300 g/mol. The SMILES string of the molecule is CNCc1scc(C)c1S(=O)(=O)NCc1ncc[nH]1. The van der Waals surface area contributed by atoms with Gasteiger partial charge in [0.25, 0.3) is 0 Å². The van der Waals surface area contributed by atoms with E-state index < -0.39 is 10.0 Å². The van der Waals surface area contributed by atoms with Crippen LogP contribution in [-0.2, 0) is 23.1 Å². The molecule has 0 aromatic carbocycles. The molecule has 0 saturated heterocycles. The minimum absolute atomic E-state index is 0.156. The molecule has 0 radical (unpaired) electrons. The molecule has 2 heterocycles. The van der Waals surface area contributed by atoms with Crippen LogP contribution in [0.4, 0.5) is 0 Å². The van der Waals surface area contributed by atoms with E-state index in [4.69, 9.17) is 0 Å². The zero-order valence-electron chi connectivity index (χ0n) is 10.7. The highest BCUT2D eigenvalue weighted by molar-refractivity contribution is 7.89. The smallest absolute Gasteiger partial charge is 0.242 e. The van der Waals surface area contributed by atoms with Gasteiger partial charge in [0.15, 0.2) is 0 Å². The molecule has 0 amide bonds. The molecule has 0 aliphatic carbocycles. The lowest BCUT2D eigenvalue weighted by molar-refractivity contribution is 0.578. The Labute approximate surface area is 116 Å². The molecule has 3 N–H and O–H groups in total. The molecule has 8 heteroatoms. The van der Waals surface area contributed by atoms with Crippen LogP contribution in [0.1, 0.15) is 16.3 Å². The molecule has 2 aromatic rings. The third-order valence-electron chi connectivity index (χ3n) is 2.58. The van der Waals surface area contributed by atoms with E-state index in [1.54, 1.807) is 26.4 Å². The summed E-state index contributed by atoms with van der Waals surface area (Å²) in [5, 5.41) is 4.83. The van der Waals surface area contributed by atoms with Crippen LogP contribution in [0.3, 0.4) is 0 Å². The van der Waals surface area contributed by atoms with Crippen molar-refractivity contribution in [3.8, 4) is 0 Å². The number of H-pyrrole nitrogens is 1. The van der Waals surface area contributed by atoms with Gasteiger partial charge >= 0.3 is 0 Å². The number of imidazole rings is 1. The van der Waals surface area contributed by atoms with Gasteiger partial charge in [0.2, 0.25) is 10.0 Å². The molecule has 0 aliphatic heterocycles. The van der Waals surface area contributed by atoms with Crippen LogP contribution in [0.5, 0.6) is 0 Å². The van der Waals surface area contributed by atoms with Gasteiger partial charge in [-0.05, 0) is 24.9 Å². The number of nitrogens with one attached hydrogen (secondary N) is 3. The van der Waals surface area contributed by atoms with Gasteiger partial charge in [-0.2, -0.15) is 0 Å². The summed E-state index contributed by atoms with van der Waals surface area (Å²) >= 11 is 1.45. The Hall–Kier alpha value is -1.22. The topological polar surface area (TPSA) is 86.9 Å². The van der Waals surface area contributed by atoms with Gasteiger partial charge < -0.3 is 10.3 Å². The molecule has 0 bridgehead atoms. The summed E-state index contributed by atoms with van der Waals surface area (Å²) in [5.41, 5.74) is 0.766. The first-order valence-electron chi connectivity index (χ1n) is 5.74. The molecular formula is C11H16N4O2S2. The van der Waals surface area contributed by atoms with Crippen LogP contribution < -0.4 is 10.0 Å². The second-order valence-electron chi connectivity index (χ2n) is 4.06. The number of rotatable bonds is 6. The molecule has 0 atom stereocenters. The molecule has 2 rings (SSSR count). The first-order chi connectivity index (χ1) is 9.04. The van der Waals surface area contributed by atoms with Gasteiger partial charge in [0, 0.05) is 23.8 Å². The Kier molecular flexibility index (Phi) is 4.35. The number of aromatic nitrogens is 2. The van der Waals surface area contributed by atoms with Crippen LogP contribution in [0, 0.1) is 6.92 Å². The Balaban J connectivity index is 2.21. The molecule has 0 aliphatic rings. The van der Waals surface area contributed by atoms with Crippen molar-refractivity contribution < 1.29 is 8.42 Å². The largest absolute Gasteiger partial charge is 0.347 e. The third-order valence-corrected chi connectivity index (χ3v) is 5.44. The molecule has 0 saturated carbocycles. The maximum atomic E-state index is 12.3. The molecule has 6 nitrogen and oxygen atoms in total. The molecular weight excluding hydrogens is 284 g/mol. The minimum Gasteiger partial charge on any atom is -0.347 e. The number of nitrogens with zero attached hydrogens (tertiary/aromatic N) is 1. The summed E-state index contributed by atoms with van der Waals surface area (Å²) in [7, 11) is -1.72. The fraction of sp³-hybridized carbons (Fsp3) is 0.364. The van der Waals surface area contributed by atoms with E-state index in [2.05, 4.69) is 20.0 Å². The van der Waals surface area contributed by atoms with Crippen LogP contribution in [0.2, 0.25) is 0 Å². The lowest BCUT2D eigenvalue weighted by Gasteiger charge is -2.08. The van der Waals surface area contributed by atoms with Crippen molar-refractivity contribution in [1.29, 1.82) is 0 Å². The van der Waals surface area contributed by atoms with Crippen molar-refractivity contribution in [3.63, 3.8) is 0 Å². The van der Waals surface area contributed by atoms with Gasteiger partial charge in [-0.1, -0.05) is 0 Å². The van der Waals surface area contributed by atoms with Crippen LogP contribution in [0.15, 0.2) is 22.7 Å². The fourth-order valence-corrected chi connectivity index (χ4v) is 4.57. The van der Waals surface area contributed by atoms with E-state index in [1.165, 1.54) is 11.3 Å². The highest BCUT2D eigenvalue weighted by atomic mass is 32.2. The van der Waals surface area contributed by atoms with Crippen molar-refractivity contribution in [2.75, 3.05) is 7.05 Å². The molecule has 0 fully saturated rings. The first-order valence-corrected chi connectivity index (χ1v) is 8.10. The normalized spacial score (nSPS) is 11.9. The Morgan fingerprint density at radius 2 is 2.21 bits per heavy atom. The molecule has 0 spiro atoms. The molecule has 104 valence electrons. The number of sulfonamides is 1. The van der Waals surface area contributed by atoms with Crippen molar-refractivity contribution >= 4 is 21.4 Å². The van der Waals surface area contributed by atoms with E-state index in [-0.39, 0.29) is 6.54 Å². The van der Waals surface area contributed by atoms with E-state index in [0.717, 1.165) is 10.4 Å². The van der Waals surface area contributed by atoms with Crippen LogP contribution in [-0.4, -0.2) is 25.4 Å².